The Labute approximate surface area is 85.5 Å². The van der Waals surface area contributed by atoms with Crippen molar-refractivity contribution in [2.24, 2.45) is 0 Å². The first-order valence-electron chi connectivity index (χ1n) is 4.71. The molecule has 3 nitrogen and oxygen atoms in total. The fourth-order valence-electron chi connectivity index (χ4n) is 0.829. The number of hydrogen-bond acceptors (Lipinski definition) is 3. The van der Waals surface area contributed by atoms with E-state index in [0.29, 0.717) is 5.46 Å². The highest BCUT2D eigenvalue weighted by Gasteiger charge is 2.07. The van der Waals surface area contributed by atoms with Gasteiger partial charge >= 0.3 is 7.12 Å². The van der Waals surface area contributed by atoms with E-state index in [0.717, 1.165) is 13.2 Å². The monoisotopic (exact) mass is 196 g/mol. The van der Waals surface area contributed by atoms with Crippen LogP contribution in [0.5, 0.6) is 0 Å². The number of benzene rings is 1. The van der Waals surface area contributed by atoms with Gasteiger partial charge < -0.3 is 14.8 Å². The van der Waals surface area contributed by atoms with Gasteiger partial charge in [0.1, 0.15) is 0 Å². The van der Waals surface area contributed by atoms with Crippen LogP contribution >= 0.6 is 0 Å². The highest BCUT2D eigenvalue weighted by Crippen LogP contribution is 1.82. The summed E-state index contributed by atoms with van der Waals surface area (Å²) in [4.78, 5) is 0. The lowest BCUT2D eigenvalue weighted by Gasteiger charge is -1.94. The van der Waals surface area contributed by atoms with Crippen molar-refractivity contribution in [3.63, 3.8) is 0 Å². The van der Waals surface area contributed by atoms with Crippen LogP contribution in [0, 0.1) is 0 Å². The molecule has 0 saturated carbocycles. The number of rotatable bonds is 3. The first-order chi connectivity index (χ1) is 6.72. The lowest BCUT2D eigenvalue weighted by atomic mass is 9.81. The second-order valence-electron chi connectivity index (χ2n) is 2.57. The maximum Gasteiger partial charge on any atom is 0.488 e. The molecule has 0 fully saturated rings. The summed E-state index contributed by atoms with van der Waals surface area (Å²) in [5.74, 6) is 0. The van der Waals surface area contributed by atoms with Crippen LogP contribution in [0.1, 0.15) is 13.8 Å². The Hall–Kier alpha value is -0.835. The van der Waals surface area contributed by atoms with Gasteiger partial charge in [0.05, 0.1) is 0 Å². The summed E-state index contributed by atoms with van der Waals surface area (Å²) in [5.41, 5.74) is 0.525. The van der Waals surface area contributed by atoms with Gasteiger partial charge in [-0.05, 0) is 19.3 Å². The Morgan fingerprint density at radius 1 is 1.07 bits per heavy atom. The summed E-state index contributed by atoms with van der Waals surface area (Å²) < 4.78 is 4.83. The molecule has 0 heterocycles. The minimum atomic E-state index is -1.34. The molecule has 0 atom stereocenters. The first kappa shape index (κ1) is 13.2. The van der Waals surface area contributed by atoms with E-state index in [4.69, 9.17) is 14.8 Å². The Kier molecular flexibility index (Phi) is 8.23. The van der Waals surface area contributed by atoms with E-state index in [1.165, 1.54) is 0 Å². The zero-order chi connectivity index (χ0) is 10.8. The van der Waals surface area contributed by atoms with Gasteiger partial charge in [0.15, 0.2) is 0 Å². The van der Waals surface area contributed by atoms with Gasteiger partial charge in [0, 0.05) is 13.2 Å². The molecule has 1 aromatic rings. The van der Waals surface area contributed by atoms with E-state index in [-0.39, 0.29) is 0 Å². The SMILES string of the molecule is CCOCC.OB(O)c1ccccc1. The van der Waals surface area contributed by atoms with Crippen LogP contribution in [-0.2, 0) is 4.74 Å². The topological polar surface area (TPSA) is 49.7 Å². The van der Waals surface area contributed by atoms with Gasteiger partial charge in [0.25, 0.3) is 0 Å². The van der Waals surface area contributed by atoms with Crippen LogP contribution in [0.3, 0.4) is 0 Å². The molecule has 0 radical (unpaired) electrons. The molecule has 0 amide bonds. The zero-order valence-electron chi connectivity index (χ0n) is 8.68. The van der Waals surface area contributed by atoms with E-state index in [9.17, 15) is 0 Å². The molecule has 78 valence electrons. The molecule has 1 rings (SSSR count). The molecule has 2 N–H and O–H groups in total. The van der Waals surface area contributed by atoms with Crippen molar-refractivity contribution in [1.29, 1.82) is 0 Å². The average molecular weight is 196 g/mol. The molecule has 4 heteroatoms. The van der Waals surface area contributed by atoms with Crippen molar-refractivity contribution < 1.29 is 14.8 Å². The van der Waals surface area contributed by atoms with Crippen LogP contribution in [0.25, 0.3) is 0 Å². The smallest absolute Gasteiger partial charge is 0.423 e. The highest BCUT2D eigenvalue weighted by atomic mass is 16.5. The Morgan fingerprint density at radius 2 is 1.57 bits per heavy atom. The van der Waals surface area contributed by atoms with Crippen molar-refractivity contribution in [1.82, 2.24) is 0 Å². The first-order valence-corrected chi connectivity index (χ1v) is 4.71. The molecule has 0 aliphatic rings. The standard InChI is InChI=1S/C6H7BO2.C4H10O/c8-7(9)6-4-2-1-3-5-6;1-3-5-4-2/h1-5,8-9H;3-4H2,1-2H3. The molecule has 0 bridgehead atoms. The summed E-state index contributed by atoms with van der Waals surface area (Å²) in [6, 6.07) is 8.66. The third-order valence-corrected chi connectivity index (χ3v) is 1.51. The van der Waals surface area contributed by atoms with E-state index >= 15 is 0 Å². The quantitative estimate of drug-likeness (QED) is 0.688. The second-order valence-corrected chi connectivity index (χ2v) is 2.57. The van der Waals surface area contributed by atoms with Crippen LogP contribution in [0.4, 0.5) is 0 Å². The molecular formula is C10H17BO3. The summed E-state index contributed by atoms with van der Waals surface area (Å²) in [5, 5.41) is 17.2. The molecule has 14 heavy (non-hydrogen) atoms. The minimum absolute atomic E-state index is 0.525. The summed E-state index contributed by atoms with van der Waals surface area (Å²) in [6.45, 7) is 5.67. The van der Waals surface area contributed by atoms with Crippen molar-refractivity contribution in [2.75, 3.05) is 13.2 Å². The molecule has 0 aromatic heterocycles. The van der Waals surface area contributed by atoms with Gasteiger partial charge in [-0.3, -0.25) is 0 Å². The lowest BCUT2D eigenvalue weighted by molar-refractivity contribution is 0.162. The fourth-order valence-corrected chi connectivity index (χ4v) is 0.829. The van der Waals surface area contributed by atoms with Gasteiger partial charge in [-0.15, -0.1) is 0 Å². The Morgan fingerprint density at radius 3 is 1.79 bits per heavy atom. The summed E-state index contributed by atoms with van der Waals surface area (Å²) >= 11 is 0. The van der Waals surface area contributed by atoms with Crippen LogP contribution in [-0.4, -0.2) is 30.4 Å². The summed E-state index contributed by atoms with van der Waals surface area (Å²) in [6.07, 6.45) is 0. The molecule has 0 spiro atoms. The molecule has 0 saturated heterocycles. The Bertz CT molecular complexity index is 212. The van der Waals surface area contributed by atoms with E-state index in [1.54, 1.807) is 24.3 Å². The van der Waals surface area contributed by atoms with Gasteiger partial charge in [-0.1, -0.05) is 30.3 Å². The number of ether oxygens (including phenoxy) is 1. The molecule has 0 aliphatic carbocycles. The summed E-state index contributed by atoms with van der Waals surface area (Å²) in [7, 11) is -1.34. The largest absolute Gasteiger partial charge is 0.488 e. The van der Waals surface area contributed by atoms with Gasteiger partial charge in [-0.2, -0.15) is 0 Å². The number of hydrogen-bond donors (Lipinski definition) is 2. The molecule has 0 unspecified atom stereocenters. The van der Waals surface area contributed by atoms with Crippen LogP contribution < -0.4 is 5.46 Å². The normalized spacial score (nSPS) is 8.86. The maximum atomic E-state index is 8.58. The molecular weight excluding hydrogens is 179 g/mol. The van der Waals surface area contributed by atoms with Crippen LogP contribution in [0.15, 0.2) is 30.3 Å². The zero-order valence-corrected chi connectivity index (χ0v) is 8.68. The van der Waals surface area contributed by atoms with E-state index < -0.39 is 7.12 Å². The average Bonchev–Trinajstić information content (AvgIpc) is 2.21. The fraction of sp³-hybridized carbons (Fsp3) is 0.400. The van der Waals surface area contributed by atoms with Crippen molar-refractivity contribution >= 4 is 12.6 Å². The minimum Gasteiger partial charge on any atom is -0.423 e. The van der Waals surface area contributed by atoms with E-state index in [2.05, 4.69) is 0 Å². The van der Waals surface area contributed by atoms with Crippen molar-refractivity contribution in [3.05, 3.63) is 30.3 Å². The van der Waals surface area contributed by atoms with Crippen molar-refractivity contribution in [2.45, 2.75) is 13.8 Å². The van der Waals surface area contributed by atoms with Crippen LogP contribution in [0.2, 0.25) is 0 Å². The lowest BCUT2D eigenvalue weighted by Crippen LogP contribution is -2.29. The van der Waals surface area contributed by atoms with Gasteiger partial charge in [-0.25, -0.2) is 0 Å². The highest BCUT2D eigenvalue weighted by molar-refractivity contribution is 6.58. The predicted molar refractivity (Wildman–Crippen MR) is 58.4 cm³/mol. The molecule has 1 aromatic carbocycles. The third-order valence-electron chi connectivity index (χ3n) is 1.51. The maximum absolute atomic E-state index is 8.58. The predicted octanol–water partition coefficient (Wildman–Crippen LogP) is 0.409. The third kappa shape index (κ3) is 6.66. The second kappa shape index (κ2) is 8.75. The van der Waals surface area contributed by atoms with E-state index in [1.807, 2.05) is 19.9 Å². The van der Waals surface area contributed by atoms with Gasteiger partial charge in [0.2, 0.25) is 0 Å². The molecule has 0 aliphatic heterocycles. The Balaban J connectivity index is 0.000000292. The van der Waals surface area contributed by atoms with Crippen molar-refractivity contribution in [3.8, 4) is 0 Å².